The maximum atomic E-state index is 11.4. The summed E-state index contributed by atoms with van der Waals surface area (Å²) in [5.74, 6) is 0.0475. The van der Waals surface area contributed by atoms with E-state index in [2.05, 4.69) is 12.1 Å². The molecule has 2 rings (SSSR count). The predicted molar refractivity (Wildman–Crippen MR) is 53.8 cm³/mol. The molecule has 1 aliphatic heterocycles. The van der Waals surface area contributed by atoms with Gasteiger partial charge in [0, 0.05) is 0 Å². The van der Waals surface area contributed by atoms with Crippen LogP contribution in [-0.2, 0) is 16.0 Å². The van der Waals surface area contributed by atoms with Crippen molar-refractivity contribution in [2.45, 2.75) is 19.3 Å². The van der Waals surface area contributed by atoms with Gasteiger partial charge in [0.1, 0.15) is 0 Å². The van der Waals surface area contributed by atoms with Gasteiger partial charge in [-0.15, -0.1) is 0 Å². The lowest BCUT2D eigenvalue weighted by Crippen LogP contribution is -2.25. The summed E-state index contributed by atoms with van der Waals surface area (Å²) in [4.78, 5) is 11.4. The molecule has 1 aromatic rings. The Morgan fingerprint density at radius 3 is 2.79 bits per heavy atom. The van der Waals surface area contributed by atoms with Crippen LogP contribution in [-0.4, -0.2) is 12.6 Å². The van der Waals surface area contributed by atoms with Crippen LogP contribution >= 0.6 is 0 Å². The van der Waals surface area contributed by atoms with Crippen molar-refractivity contribution in [2.24, 2.45) is 5.92 Å². The van der Waals surface area contributed by atoms with Gasteiger partial charge in [-0.25, -0.2) is 0 Å². The zero-order valence-electron chi connectivity index (χ0n) is 8.11. The molecule has 0 saturated carbocycles. The van der Waals surface area contributed by atoms with Crippen LogP contribution in [0.15, 0.2) is 30.3 Å². The molecule has 14 heavy (non-hydrogen) atoms. The second-order valence-electron chi connectivity index (χ2n) is 3.70. The van der Waals surface area contributed by atoms with Crippen molar-refractivity contribution in [3.05, 3.63) is 35.9 Å². The number of carbonyl (C=O) groups excluding carboxylic acids is 1. The van der Waals surface area contributed by atoms with Crippen molar-refractivity contribution in [3.63, 3.8) is 0 Å². The summed E-state index contributed by atoms with van der Waals surface area (Å²) in [6.07, 6.45) is 2.79. The van der Waals surface area contributed by atoms with Crippen LogP contribution < -0.4 is 0 Å². The van der Waals surface area contributed by atoms with Crippen molar-refractivity contribution in [2.75, 3.05) is 6.61 Å². The molecule has 0 N–H and O–H groups in total. The molecule has 0 aromatic heterocycles. The lowest BCUT2D eigenvalue weighted by atomic mass is 9.94. The van der Waals surface area contributed by atoms with Gasteiger partial charge in [0.15, 0.2) is 0 Å². The van der Waals surface area contributed by atoms with Crippen molar-refractivity contribution in [1.29, 1.82) is 0 Å². The normalized spacial score (nSPS) is 21.7. The molecule has 0 unspecified atom stereocenters. The van der Waals surface area contributed by atoms with Crippen LogP contribution in [0.2, 0.25) is 0 Å². The summed E-state index contributed by atoms with van der Waals surface area (Å²) in [6.45, 7) is 0.601. The van der Waals surface area contributed by atoms with Gasteiger partial charge in [0.05, 0.1) is 12.5 Å². The minimum atomic E-state index is -0.0277. The van der Waals surface area contributed by atoms with Gasteiger partial charge in [0.25, 0.3) is 0 Å². The standard InChI is InChI=1S/C12H14O2/c13-12-11(7-4-8-14-12)9-10-5-2-1-3-6-10/h1-3,5-6,11H,4,7-9H2/t11-/m1/s1. The Hall–Kier alpha value is -1.31. The molecular weight excluding hydrogens is 176 g/mol. The average molecular weight is 190 g/mol. The predicted octanol–water partition coefficient (Wildman–Crippen LogP) is 2.18. The highest BCUT2D eigenvalue weighted by Crippen LogP contribution is 2.19. The number of hydrogen-bond acceptors (Lipinski definition) is 2. The first-order chi connectivity index (χ1) is 6.86. The van der Waals surface area contributed by atoms with Crippen molar-refractivity contribution >= 4 is 5.97 Å². The Morgan fingerprint density at radius 1 is 1.29 bits per heavy atom. The van der Waals surface area contributed by atoms with Crippen LogP contribution in [0, 0.1) is 5.92 Å². The fourth-order valence-corrected chi connectivity index (χ4v) is 1.82. The SMILES string of the molecule is O=C1OCCC[C@@H]1Cc1ccccc1. The third-order valence-electron chi connectivity index (χ3n) is 2.60. The van der Waals surface area contributed by atoms with Crippen molar-refractivity contribution in [3.8, 4) is 0 Å². The van der Waals surface area contributed by atoms with Crippen LogP contribution in [0.5, 0.6) is 0 Å². The minimum absolute atomic E-state index is 0.0277. The molecule has 0 spiro atoms. The third-order valence-corrected chi connectivity index (χ3v) is 2.60. The molecule has 1 aromatic carbocycles. The number of rotatable bonds is 2. The molecule has 2 heteroatoms. The van der Waals surface area contributed by atoms with Crippen LogP contribution in [0.1, 0.15) is 18.4 Å². The largest absolute Gasteiger partial charge is 0.465 e. The van der Waals surface area contributed by atoms with Crippen molar-refractivity contribution in [1.82, 2.24) is 0 Å². The summed E-state index contributed by atoms with van der Waals surface area (Å²) in [5.41, 5.74) is 1.22. The third kappa shape index (κ3) is 2.13. The maximum absolute atomic E-state index is 11.4. The van der Waals surface area contributed by atoms with Crippen molar-refractivity contribution < 1.29 is 9.53 Å². The summed E-state index contributed by atoms with van der Waals surface area (Å²) < 4.78 is 5.02. The number of ether oxygens (including phenoxy) is 1. The Labute approximate surface area is 83.9 Å². The van der Waals surface area contributed by atoms with Gasteiger partial charge >= 0.3 is 5.97 Å². The molecule has 0 radical (unpaired) electrons. The summed E-state index contributed by atoms with van der Waals surface area (Å²) in [6, 6.07) is 10.1. The zero-order chi connectivity index (χ0) is 9.80. The zero-order valence-corrected chi connectivity index (χ0v) is 8.11. The number of esters is 1. The molecule has 0 aliphatic carbocycles. The minimum Gasteiger partial charge on any atom is -0.465 e. The van der Waals surface area contributed by atoms with Crippen LogP contribution in [0.4, 0.5) is 0 Å². The van der Waals surface area contributed by atoms with E-state index >= 15 is 0 Å². The monoisotopic (exact) mass is 190 g/mol. The van der Waals surface area contributed by atoms with Crippen LogP contribution in [0.3, 0.4) is 0 Å². The Balaban J connectivity index is 2.00. The quantitative estimate of drug-likeness (QED) is 0.668. The number of benzene rings is 1. The number of cyclic esters (lactones) is 1. The number of carbonyl (C=O) groups is 1. The summed E-state index contributed by atoms with van der Waals surface area (Å²) in [7, 11) is 0. The summed E-state index contributed by atoms with van der Waals surface area (Å²) in [5, 5.41) is 0. The molecule has 1 saturated heterocycles. The van der Waals surface area contributed by atoms with E-state index in [-0.39, 0.29) is 11.9 Å². The topological polar surface area (TPSA) is 26.3 Å². The lowest BCUT2D eigenvalue weighted by Gasteiger charge is -2.20. The molecular formula is C12H14O2. The highest BCUT2D eigenvalue weighted by atomic mass is 16.5. The van der Waals surface area contributed by atoms with E-state index in [4.69, 9.17) is 4.74 Å². The van der Waals surface area contributed by atoms with E-state index in [1.54, 1.807) is 0 Å². The molecule has 1 aliphatic rings. The Morgan fingerprint density at radius 2 is 2.07 bits per heavy atom. The number of hydrogen-bond donors (Lipinski definition) is 0. The fraction of sp³-hybridized carbons (Fsp3) is 0.417. The summed E-state index contributed by atoms with van der Waals surface area (Å²) >= 11 is 0. The van der Waals surface area contributed by atoms with Gasteiger partial charge in [0.2, 0.25) is 0 Å². The second kappa shape index (κ2) is 4.27. The van der Waals surface area contributed by atoms with Gasteiger partial charge in [-0.2, -0.15) is 0 Å². The average Bonchev–Trinajstić information content (AvgIpc) is 2.23. The first-order valence-electron chi connectivity index (χ1n) is 5.07. The van der Waals surface area contributed by atoms with E-state index in [0.29, 0.717) is 6.61 Å². The molecule has 74 valence electrons. The van der Waals surface area contributed by atoms with E-state index in [0.717, 1.165) is 19.3 Å². The van der Waals surface area contributed by atoms with E-state index in [1.165, 1.54) is 5.56 Å². The first-order valence-corrected chi connectivity index (χ1v) is 5.07. The molecule has 1 fully saturated rings. The maximum Gasteiger partial charge on any atom is 0.309 e. The van der Waals surface area contributed by atoms with Gasteiger partial charge in [-0.3, -0.25) is 4.79 Å². The highest BCUT2D eigenvalue weighted by Gasteiger charge is 2.23. The molecule has 0 bridgehead atoms. The van der Waals surface area contributed by atoms with Gasteiger partial charge in [-0.1, -0.05) is 30.3 Å². The Bertz CT molecular complexity index is 305. The van der Waals surface area contributed by atoms with E-state index in [9.17, 15) is 4.79 Å². The Kier molecular flexibility index (Phi) is 2.82. The smallest absolute Gasteiger partial charge is 0.309 e. The second-order valence-corrected chi connectivity index (χ2v) is 3.70. The fourth-order valence-electron chi connectivity index (χ4n) is 1.82. The molecule has 0 amide bonds. The highest BCUT2D eigenvalue weighted by molar-refractivity contribution is 5.73. The van der Waals surface area contributed by atoms with Crippen LogP contribution in [0.25, 0.3) is 0 Å². The van der Waals surface area contributed by atoms with Gasteiger partial charge < -0.3 is 4.74 Å². The molecule has 1 atom stereocenters. The van der Waals surface area contributed by atoms with E-state index in [1.807, 2.05) is 18.2 Å². The first kappa shape index (κ1) is 9.25. The lowest BCUT2D eigenvalue weighted by molar-refractivity contribution is -0.152. The van der Waals surface area contributed by atoms with E-state index < -0.39 is 0 Å². The molecule has 2 nitrogen and oxygen atoms in total. The molecule has 1 heterocycles. The van der Waals surface area contributed by atoms with Gasteiger partial charge in [-0.05, 0) is 24.8 Å².